The summed E-state index contributed by atoms with van der Waals surface area (Å²) >= 11 is 0. The van der Waals surface area contributed by atoms with E-state index in [-0.39, 0.29) is 11.2 Å². The Morgan fingerprint density at radius 3 is 2.62 bits per heavy atom. The summed E-state index contributed by atoms with van der Waals surface area (Å²) < 4.78 is 39.9. The van der Waals surface area contributed by atoms with Crippen LogP contribution in [0.25, 0.3) is 0 Å². The van der Waals surface area contributed by atoms with Crippen LogP contribution >= 0.6 is 0 Å². The van der Waals surface area contributed by atoms with E-state index in [0.29, 0.717) is 5.69 Å². The van der Waals surface area contributed by atoms with E-state index in [1.807, 2.05) is 13.8 Å². The van der Waals surface area contributed by atoms with Crippen LogP contribution in [0.3, 0.4) is 0 Å². The zero-order chi connectivity index (χ0) is 12.0. The van der Waals surface area contributed by atoms with Gasteiger partial charge in [0.2, 0.25) is 0 Å². The number of alkyl halides is 3. The van der Waals surface area contributed by atoms with Gasteiger partial charge in [0.1, 0.15) is 5.75 Å². The predicted octanol–water partition coefficient (Wildman–Crippen LogP) is 3.29. The number of benzene rings is 1. The number of fused-ring (bicyclic) bond motifs is 1. The van der Waals surface area contributed by atoms with Crippen LogP contribution in [0.5, 0.6) is 5.75 Å². The fraction of sp³-hybridized carbons (Fsp3) is 0.455. The Morgan fingerprint density at radius 1 is 1.31 bits per heavy atom. The Kier molecular flexibility index (Phi) is 2.29. The number of anilines is 1. The van der Waals surface area contributed by atoms with Gasteiger partial charge in [-0.05, 0) is 11.6 Å². The average molecular weight is 231 g/mol. The highest BCUT2D eigenvalue weighted by Crippen LogP contribution is 2.38. The molecule has 0 radical (unpaired) electrons. The average Bonchev–Trinajstić information content (AvgIpc) is 2.39. The topological polar surface area (TPSA) is 21.3 Å². The standard InChI is InChI=1S/C11H12F3NO/c1-10(2)6-15-9-5-7(3-4-8(9)10)16-11(12,13)14/h3-5,15H,6H2,1-2H3. The number of ether oxygens (including phenoxy) is 1. The normalized spacial score (nSPS) is 17.8. The van der Waals surface area contributed by atoms with Gasteiger partial charge in [0.05, 0.1) is 0 Å². The van der Waals surface area contributed by atoms with Crippen molar-refractivity contribution in [3.05, 3.63) is 23.8 Å². The van der Waals surface area contributed by atoms with Gasteiger partial charge in [0.15, 0.2) is 0 Å². The Labute approximate surface area is 91.4 Å². The fourth-order valence-corrected chi connectivity index (χ4v) is 1.87. The lowest BCUT2D eigenvalue weighted by Crippen LogP contribution is -2.19. The minimum Gasteiger partial charge on any atom is -0.406 e. The van der Waals surface area contributed by atoms with Crippen LogP contribution in [0.4, 0.5) is 18.9 Å². The Bertz CT molecular complexity index is 412. The first-order valence-electron chi connectivity index (χ1n) is 4.92. The van der Waals surface area contributed by atoms with Crippen LogP contribution in [-0.4, -0.2) is 12.9 Å². The van der Waals surface area contributed by atoms with Gasteiger partial charge in [0.25, 0.3) is 0 Å². The van der Waals surface area contributed by atoms with E-state index in [1.54, 1.807) is 6.07 Å². The van der Waals surface area contributed by atoms with E-state index in [9.17, 15) is 13.2 Å². The van der Waals surface area contributed by atoms with Gasteiger partial charge >= 0.3 is 6.36 Å². The molecule has 1 heterocycles. The van der Waals surface area contributed by atoms with Gasteiger partial charge in [-0.25, -0.2) is 0 Å². The molecular weight excluding hydrogens is 219 g/mol. The largest absolute Gasteiger partial charge is 0.573 e. The van der Waals surface area contributed by atoms with Crippen LogP contribution in [0, 0.1) is 0 Å². The lowest BCUT2D eigenvalue weighted by atomic mass is 9.87. The molecule has 0 unspecified atom stereocenters. The maximum Gasteiger partial charge on any atom is 0.573 e. The second-order valence-corrected chi connectivity index (χ2v) is 4.49. The van der Waals surface area contributed by atoms with Gasteiger partial charge in [-0.1, -0.05) is 19.9 Å². The smallest absolute Gasteiger partial charge is 0.406 e. The summed E-state index contributed by atoms with van der Waals surface area (Å²) in [6, 6.07) is 4.41. The monoisotopic (exact) mass is 231 g/mol. The zero-order valence-electron chi connectivity index (χ0n) is 8.98. The number of hydrogen-bond acceptors (Lipinski definition) is 2. The van der Waals surface area contributed by atoms with Crippen molar-refractivity contribution in [2.24, 2.45) is 0 Å². The summed E-state index contributed by atoms with van der Waals surface area (Å²) in [6.07, 6.45) is -4.64. The van der Waals surface area contributed by atoms with Gasteiger partial charge in [-0.15, -0.1) is 13.2 Å². The van der Waals surface area contributed by atoms with Crippen molar-refractivity contribution in [1.82, 2.24) is 0 Å². The van der Waals surface area contributed by atoms with E-state index in [0.717, 1.165) is 12.1 Å². The van der Waals surface area contributed by atoms with E-state index < -0.39 is 6.36 Å². The van der Waals surface area contributed by atoms with E-state index >= 15 is 0 Å². The van der Waals surface area contributed by atoms with Gasteiger partial charge in [-0.3, -0.25) is 0 Å². The first-order chi connectivity index (χ1) is 7.28. The molecule has 0 bridgehead atoms. The molecule has 0 amide bonds. The highest BCUT2D eigenvalue weighted by molar-refractivity contribution is 5.62. The summed E-state index contributed by atoms with van der Waals surface area (Å²) in [7, 11) is 0. The van der Waals surface area contributed by atoms with Crippen LogP contribution in [-0.2, 0) is 5.41 Å². The molecule has 0 saturated carbocycles. The second-order valence-electron chi connectivity index (χ2n) is 4.49. The van der Waals surface area contributed by atoms with E-state index in [1.165, 1.54) is 12.1 Å². The molecule has 16 heavy (non-hydrogen) atoms. The molecule has 0 aliphatic carbocycles. The van der Waals surface area contributed by atoms with Gasteiger partial charge in [0, 0.05) is 23.7 Å². The molecule has 0 saturated heterocycles. The molecule has 1 aliphatic heterocycles. The number of nitrogens with one attached hydrogen (secondary N) is 1. The number of halogens is 3. The van der Waals surface area contributed by atoms with Crippen LogP contribution in [0.1, 0.15) is 19.4 Å². The third-order valence-corrected chi connectivity index (χ3v) is 2.67. The van der Waals surface area contributed by atoms with Gasteiger partial charge < -0.3 is 10.1 Å². The Hall–Kier alpha value is -1.39. The Morgan fingerprint density at radius 2 is 2.00 bits per heavy atom. The molecule has 5 heteroatoms. The molecule has 0 atom stereocenters. The van der Waals surface area contributed by atoms with Crippen molar-refractivity contribution in [3.8, 4) is 5.75 Å². The molecule has 1 aliphatic rings. The quantitative estimate of drug-likeness (QED) is 0.800. The third kappa shape index (κ3) is 2.08. The maximum absolute atomic E-state index is 12.0. The minimum absolute atomic E-state index is 0.0495. The number of hydrogen-bond donors (Lipinski definition) is 1. The molecular formula is C11H12F3NO. The first kappa shape index (κ1) is 11.1. The van der Waals surface area contributed by atoms with Crippen LogP contribution in [0.2, 0.25) is 0 Å². The minimum atomic E-state index is -4.64. The lowest BCUT2D eigenvalue weighted by Gasteiger charge is -2.17. The fourth-order valence-electron chi connectivity index (χ4n) is 1.87. The summed E-state index contributed by atoms with van der Waals surface area (Å²) in [5, 5.41) is 3.07. The summed E-state index contributed by atoms with van der Waals surface area (Å²) in [5.74, 6) is -0.184. The van der Waals surface area contributed by atoms with Gasteiger partial charge in [-0.2, -0.15) is 0 Å². The summed E-state index contributed by atoms with van der Waals surface area (Å²) in [6.45, 7) is 4.80. The van der Waals surface area contributed by atoms with Crippen molar-refractivity contribution >= 4 is 5.69 Å². The van der Waals surface area contributed by atoms with Crippen molar-refractivity contribution in [2.45, 2.75) is 25.6 Å². The van der Waals surface area contributed by atoms with Crippen molar-refractivity contribution in [1.29, 1.82) is 0 Å². The summed E-state index contributed by atoms with van der Waals surface area (Å²) in [5.41, 5.74) is 1.68. The zero-order valence-corrected chi connectivity index (χ0v) is 8.98. The Balaban J connectivity index is 2.29. The number of rotatable bonds is 1. The van der Waals surface area contributed by atoms with Crippen molar-refractivity contribution in [3.63, 3.8) is 0 Å². The molecule has 2 nitrogen and oxygen atoms in total. The van der Waals surface area contributed by atoms with Crippen LogP contribution < -0.4 is 10.1 Å². The van der Waals surface area contributed by atoms with Crippen molar-refractivity contribution in [2.75, 3.05) is 11.9 Å². The molecule has 88 valence electrons. The van der Waals surface area contributed by atoms with Crippen molar-refractivity contribution < 1.29 is 17.9 Å². The molecule has 1 aromatic rings. The predicted molar refractivity (Wildman–Crippen MR) is 54.6 cm³/mol. The molecule has 2 rings (SSSR count). The lowest BCUT2D eigenvalue weighted by molar-refractivity contribution is -0.274. The molecule has 0 fully saturated rings. The van der Waals surface area contributed by atoms with Crippen LogP contribution in [0.15, 0.2) is 18.2 Å². The summed E-state index contributed by atoms with van der Waals surface area (Å²) in [4.78, 5) is 0. The van der Waals surface area contributed by atoms with E-state index in [4.69, 9.17) is 0 Å². The third-order valence-electron chi connectivity index (χ3n) is 2.67. The first-order valence-corrected chi connectivity index (χ1v) is 4.92. The highest BCUT2D eigenvalue weighted by Gasteiger charge is 2.33. The van der Waals surface area contributed by atoms with E-state index in [2.05, 4.69) is 10.1 Å². The molecule has 0 spiro atoms. The highest BCUT2D eigenvalue weighted by atomic mass is 19.4. The maximum atomic E-state index is 12.0. The SMILES string of the molecule is CC1(C)CNc2cc(OC(F)(F)F)ccc21. The second kappa shape index (κ2) is 3.30. The molecule has 1 N–H and O–H groups in total. The molecule has 0 aromatic heterocycles. The molecule has 1 aromatic carbocycles.